The first-order valence-electron chi connectivity index (χ1n) is 7.92. The Labute approximate surface area is 136 Å². The molecule has 0 bridgehead atoms. The molecule has 0 N–H and O–H groups in total. The number of ether oxygens (including phenoxy) is 1. The van der Waals surface area contributed by atoms with Crippen LogP contribution in [-0.2, 0) is 19.3 Å². The van der Waals surface area contributed by atoms with Crippen molar-refractivity contribution in [2.75, 3.05) is 7.11 Å². The van der Waals surface area contributed by atoms with E-state index in [9.17, 15) is 0 Å². The van der Waals surface area contributed by atoms with Gasteiger partial charge in [-0.25, -0.2) is 4.68 Å². The summed E-state index contributed by atoms with van der Waals surface area (Å²) < 4.78 is 7.12. The number of aryl methyl sites for hydroxylation is 3. The number of para-hydroxylation sites is 1. The van der Waals surface area contributed by atoms with Crippen molar-refractivity contribution in [2.45, 2.75) is 26.2 Å². The molecule has 0 atom stereocenters. The van der Waals surface area contributed by atoms with Crippen LogP contribution in [0, 0.1) is 0 Å². The second-order valence-corrected chi connectivity index (χ2v) is 5.48. The average Bonchev–Trinajstić information content (AvgIpc) is 3.09. The lowest BCUT2D eigenvalue weighted by Crippen LogP contribution is -1.98. The van der Waals surface area contributed by atoms with Crippen molar-refractivity contribution in [1.82, 2.24) is 15.0 Å². The molecule has 0 saturated carbocycles. The lowest BCUT2D eigenvalue weighted by Gasteiger charge is -2.09. The topological polar surface area (TPSA) is 39.9 Å². The Balaban J connectivity index is 1.71. The molecule has 4 nitrogen and oxygen atoms in total. The predicted octanol–water partition coefficient (Wildman–Crippen LogP) is 3.62. The number of rotatable bonds is 6. The summed E-state index contributed by atoms with van der Waals surface area (Å²) in [5.74, 6) is 0.917. The van der Waals surface area contributed by atoms with Crippen molar-refractivity contribution in [1.29, 1.82) is 0 Å². The number of benzene rings is 2. The molecule has 0 radical (unpaired) electrons. The maximum absolute atomic E-state index is 5.30. The number of nitrogens with zero attached hydrogens (tertiary/aromatic N) is 3. The molecule has 0 aliphatic heterocycles. The van der Waals surface area contributed by atoms with Crippen LogP contribution in [0.3, 0.4) is 0 Å². The molecule has 0 fully saturated rings. The van der Waals surface area contributed by atoms with E-state index in [1.54, 1.807) is 7.11 Å². The van der Waals surface area contributed by atoms with Crippen LogP contribution < -0.4 is 4.74 Å². The summed E-state index contributed by atoms with van der Waals surface area (Å²) in [6, 6.07) is 16.3. The molecule has 118 valence electrons. The highest BCUT2D eigenvalue weighted by atomic mass is 16.5. The Morgan fingerprint density at radius 3 is 2.57 bits per heavy atom. The monoisotopic (exact) mass is 307 g/mol. The summed E-state index contributed by atoms with van der Waals surface area (Å²) in [7, 11) is 1.70. The van der Waals surface area contributed by atoms with Gasteiger partial charge in [-0.15, -0.1) is 5.10 Å². The molecular weight excluding hydrogens is 286 g/mol. The normalized spacial score (nSPS) is 10.7. The fourth-order valence-corrected chi connectivity index (χ4v) is 2.68. The zero-order valence-electron chi connectivity index (χ0n) is 13.6. The molecule has 0 spiro atoms. The average molecular weight is 307 g/mol. The van der Waals surface area contributed by atoms with E-state index in [-0.39, 0.29) is 0 Å². The van der Waals surface area contributed by atoms with E-state index < -0.39 is 0 Å². The second-order valence-electron chi connectivity index (χ2n) is 5.48. The SMILES string of the molecule is CCc1cc(OC)ccc1CCc1cn(-c2ccccc2)nn1. The molecule has 3 rings (SSSR count). The number of hydrogen-bond donors (Lipinski definition) is 0. The van der Waals surface area contributed by atoms with E-state index in [4.69, 9.17) is 4.74 Å². The van der Waals surface area contributed by atoms with Crippen molar-refractivity contribution < 1.29 is 4.74 Å². The number of aromatic nitrogens is 3. The smallest absolute Gasteiger partial charge is 0.119 e. The van der Waals surface area contributed by atoms with Gasteiger partial charge in [0, 0.05) is 0 Å². The molecule has 0 saturated heterocycles. The summed E-state index contributed by atoms with van der Waals surface area (Å²) in [6.45, 7) is 2.17. The summed E-state index contributed by atoms with van der Waals surface area (Å²) in [6.07, 6.45) is 4.85. The zero-order chi connectivity index (χ0) is 16.1. The minimum atomic E-state index is 0.881. The third kappa shape index (κ3) is 3.59. The van der Waals surface area contributed by atoms with Gasteiger partial charge in [0.2, 0.25) is 0 Å². The van der Waals surface area contributed by atoms with Gasteiger partial charge in [-0.3, -0.25) is 0 Å². The third-order valence-corrected chi connectivity index (χ3v) is 4.01. The van der Waals surface area contributed by atoms with Crippen molar-refractivity contribution in [3.8, 4) is 11.4 Å². The minimum Gasteiger partial charge on any atom is -0.497 e. The summed E-state index contributed by atoms with van der Waals surface area (Å²) in [4.78, 5) is 0. The predicted molar refractivity (Wildman–Crippen MR) is 91.1 cm³/mol. The fourth-order valence-electron chi connectivity index (χ4n) is 2.68. The first-order chi connectivity index (χ1) is 11.3. The van der Waals surface area contributed by atoms with Gasteiger partial charge in [0.05, 0.1) is 24.7 Å². The van der Waals surface area contributed by atoms with E-state index >= 15 is 0 Å². The van der Waals surface area contributed by atoms with Gasteiger partial charge in [-0.2, -0.15) is 0 Å². The van der Waals surface area contributed by atoms with Crippen LogP contribution in [0.5, 0.6) is 5.75 Å². The van der Waals surface area contributed by atoms with Crippen molar-refractivity contribution in [3.05, 3.63) is 71.5 Å². The van der Waals surface area contributed by atoms with E-state index in [0.717, 1.165) is 36.4 Å². The van der Waals surface area contributed by atoms with Gasteiger partial charge in [0.15, 0.2) is 0 Å². The van der Waals surface area contributed by atoms with Crippen LogP contribution in [-0.4, -0.2) is 22.1 Å². The molecule has 2 aromatic carbocycles. The van der Waals surface area contributed by atoms with Gasteiger partial charge in [0.1, 0.15) is 5.75 Å². The number of hydrogen-bond acceptors (Lipinski definition) is 3. The Kier molecular flexibility index (Phi) is 4.71. The molecule has 0 unspecified atom stereocenters. The maximum Gasteiger partial charge on any atom is 0.119 e. The molecule has 0 amide bonds. The summed E-state index contributed by atoms with van der Waals surface area (Å²) in [5.41, 5.74) is 4.72. The van der Waals surface area contributed by atoms with Gasteiger partial charge in [-0.05, 0) is 54.7 Å². The number of methoxy groups -OCH3 is 1. The van der Waals surface area contributed by atoms with Gasteiger partial charge in [0.25, 0.3) is 0 Å². The standard InChI is InChI=1S/C19H21N3O/c1-3-15-13-19(23-2)12-10-16(15)9-11-17-14-22(21-20-17)18-7-5-4-6-8-18/h4-8,10,12-14H,3,9,11H2,1-2H3. The first-order valence-corrected chi connectivity index (χ1v) is 7.92. The first kappa shape index (κ1) is 15.3. The van der Waals surface area contributed by atoms with Crippen LogP contribution >= 0.6 is 0 Å². The highest BCUT2D eigenvalue weighted by Gasteiger charge is 2.06. The van der Waals surface area contributed by atoms with Crippen molar-refractivity contribution in [2.24, 2.45) is 0 Å². The molecule has 0 aliphatic carbocycles. The van der Waals surface area contributed by atoms with Crippen LogP contribution in [0.25, 0.3) is 5.69 Å². The van der Waals surface area contributed by atoms with E-state index in [1.165, 1.54) is 11.1 Å². The lowest BCUT2D eigenvalue weighted by molar-refractivity contribution is 0.414. The summed E-state index contributed by atoms with van der Waals surface area (Å²) in [5, 5.41) is 8.50. The molecule has 1 heterocycles. The Morgan fingerprint density at radius 2 is 1.83 bits per heavy atom. The van der Waals surface area contributed by atoms with Crippen LogP contribution in [0.15, 0.2) is 54.7 Å². The van der Waals surface area contributed by atoms with E-state index in [1.807, 2.05) is 47.3 Å². The second kappa shape index (κ2) is 7.09. The van der Waals surface area contributed by atoms with Crippen LogP contribution in [0.2, 0.25) is 0 Å². The largest absolute Gasteiger partial charge is 0.497 e. The highest BCUT2D eigenvalue weighted by Crippen LogP contribution is 2.20. The lowest BCUT2D eigenvalue weighted by atomic mass is 10.00. The van der Waals surface area contributed by atoms with Gasteiger partial charge < -0.3 is 4.74 Å². The van der Waals surface area contributed by atoms with E-state index in [0.29, 0.717) is 0 Å². The Bertz CT molecular complexity index is 765. The van der Waals surface area contributed by atoms with Crippen molar-refractivity contribution in [3.63, 3.8) is 0 Å². The minimum absolute atomic E-state index is 0.881. The molecular formula is C19H21N3O. The Hall–Kier alpha value is -2.62. The van der Waals surface area contributed by atoms with Crippen LogP contribution in [0.1, 0.15) is 23.7 Å². The van der Waals surface area contributed by atoms with E-state index in [2.05, 4.69) is 29.4 Å². The highest BCUT2D eigenvalue weighted by molar-refractivity contribution is 5.36. The van der Waals surface area contributed by atoms with Crippen LogP contribution in [0.4, 0.5) is 0 Å². The molecule has 23 heavy (non-hydrogen) atoms. The maximum atomic E-state index is 5.30. The van der Waals surface area contributed by atoms with Gasteiger partial charge in [-0.1, -0.05) is 36.4 Å². The zero-order valence-corrected chi connectivity index (χ0v) is 13.6. The third-order valence-electron chi connectivity index (χ3n) is 4.01. The molecule has 4 heteroatoms. The quantitative estimate of drug-likeness (QED) is 0.698. The summed E-state index contributed by atoms with van der Waals surface area (Å²) >= 11 is 0. The molecule has 0 aliphatic rings. The Morgan fingerprint density at radius 1 is 1.00 bits per heavy atom. The molecule has 3 aromatic rings. The van der Waals surface area contributed by atoms with Crippen molar-refractivity contribution >= 4 is 0 Å². The van der Waals surface area contributed by atoms with Gasteiger partial charge >= 0.3 is 0 Å². The molecule has 1 aromatic heterocycles. The fraction of sp³-hybridized carbons (Fsp3) is 0.263.